The molecule has 1 saturated carbocycles. The van der Waals surface area contributed by atoms with E-state index in [1.807, 2.05) is 0 Å². The quantitative estimate of drug-likeness (QED) is 0.796. The molecule has 1 rings (SSSR count). The summed E-state index contributed by atoms with van der Waals surface area (Å²) in [7, 11) is 0. The Kier molecular flexibility index (Phi) is 7.29. The van der Waals surface area contributed by atoms with E-state index in [0.717, 1.165) is 11.2 Å². The number of hydrogen-bond donors (Lipinski definition) is 1. The molecule has 0 aromatic heterocycles. The SMILES string of the molecule is CC(C)CSC1CCC(N)CC1.Cl. The van der Waals surface area contributed by atoms with Crippen LogP contribution in [-0.2, 0) is 0 Å². The molecule has 1 aliphatic carbocycles. The lowest BCUT2D eigenvalue weighted by Gasteiger charge is -2.25. The molecule has 0 amide bonds. The first-order valence-electron chi connectivity index (χ1n) is 5.05. The molecular formula is C10H22ClNS. The molecule has 3 heteroatoms. The summed E-state index contributed by atoms with van der Waals surface area (Å²) < 4.78 is 0. The second kappa shape index (κ2) is 6.97. The number of hydrogen-bond acceptors (Lipinski definition) is 2. The van der Waals surface area contributed by atoms with Crippen LogP contribution < -0.4 is 5.73 Å². The third-order valence-electron chi connectivity index (χ3n) is 2.38. The summed E-state index contributed by atoms with van der Waals surface area (Å²) >= 11 is 2.15. The summed E-state index contributed by atoms with van der Waals surface area (Å²) in [5, 5.41) is 0.909. The Labute approximate surface area is 92.6 Å². The highest BCUT2D eigenvalue weighted by atomic mass is 35.5. The molecule has 0 aliphatic heterocycles. The Morgan fingerprint density at radius 2 is 1.77 bits per heavy atom. The molecule has 80 valence electrons. The lowest BCUT2D eigenvalue weighted by molar-refractivity contribution is 0.450. The minimum Gasteiger partial charge on any atom is -0.328 e. The fourth-order valence-corrected chi connectivity index (χ4v) is 2.85. The Balaban J connectivity index is 0.00000144. The van der Waals surface area contributed by atoms with Crippen LogP contribution in [0.4, 0.5) is 0 Å². The minimum absolute atomic E-state index is 0. The molecule has 1 fully saturated rings. The largest absolute Gasteiger partial charge is 0.328 e. The summed E-state index contributed by atoms with van der Waals surface area (Å²) in [5.74, 6) is 2.16. The third kappa shape index (κ3) is 5.82. The maximum absolute atomic E-state index is 5.84. The summed E-state index contributed by atoms with van der Waals surface area (Å²) in [5.41, 5.74) is 5.84. The van der Waals surface area contributed by atoms with Crippen LogP contribution in [0.5, 0.6) is 0 Å². The van der Waals surface area contributed by atoms with Gasteiger partial charge in [0.25, 0.3) is 0 Å². The van der Waals surface area contributed by atoms with Crippen molar-refractivity contribution in [3.8, 4) is 0 Å². The van der Waals surface area contributed by atoms with Gasteiger partial charge in [-0.15, -0.1) is 12.4 Å². The van der Waals surface area contributed by atoms with Gasteiger partial charge in [0.15, 0.2) is 0 Å². The van der Waals surface area contributed by atoms with Crippen molar-refractivity contribution in [3.63, 3.8) is 0 Å². The fourth-order valence-electron chi connectivity index (χ4n) is 1.58. The van der Waals surface area contributed by atoms with Gasteiger partial charge in [0.1, 0.15) is 0 Å². The molecule has 0 atom stereocenters. The molecule has 0 aromatic rings. The van der Waals surface area contributed by atoms with Gasteiger partial charge in [-0.05, 0) is 37.4 Å². The van der Waals surface area contributed by atoms with Gasteiger partial charge in [-0.1, -0.05) is 13.8 Å². The second-order valence-electron chi connectivity index (χ2n) is 4.26. The zero-order valence-corrected chi connectivity index (χ0v) is 10.3. The zero-order chi connectivity index (χ0) is 8.97. The van der Waals surface area contributed by atoms with Crippen molar-refractivity contribution < 1.29 is 0 Å². The average molecular weight is 224 g/mol. The first-order chi connectivity index (χ1) is 5.68. The van der Waals surface area contributed by atoms with Crippen LogP contribution >= 0.6 is 24.2 Å². The smallest absolute Gasteiger partial charge is 0.00483 e. The van der Waals surface area contributed by atoms with Gasteiger partial charge in [0.2, 0.25) is 0 Å². The second-order valence-corrected chi connectivity index (χ2v) is 5.60. The van der Waals surface area contributed by atoms with Gasteiger partial charge in [-0.3, -0.25) is 0 Å². The van der Waals surface area contributed by atoms with E-state index in [0.29, 0.717) is 6.04 Å². The van der Waals surface area contributed by atoms with Gasteiger partial charge in [-0.2, -0.15) is 11.8 Å². The van der Waals surface area contributed by atoms with Crippen LogP contribution in [0.25, 0.3) is 0 Å². The summed E-state index contributed by atoms with van der Waals surface area (Å²) in [4.78, 5) is 0. The highest BCUT2D eigenvalue weighted by Gasteiger charge is 2.18. The van der Waals surface area contributed by atoms with Crippen molar-refractivity contribution in [1.82, 2.24) is 0 Å². The number of nitrogens with two attached hydrogens (primary N) is 1. The first kappa shape index (κ1) is 13.6. The molecule has 0 saturated heterocycles. The summed E-state index contributed by atoms with van der Waals surface area (Å²) in [6, 6.07) is 0.501. The minimum atomic E-state index is 0. The van der Waals surface area contributed by atoms with Crippen molar-refractivity contribution in [2.75, 3.05) is 5.75 Å². The molecule has 0 aromatic carbocycles. The highest BCUT2D eigenvalue weighted by Crippen LogP contribution is 2.28. The van der Waals surface area contributed by atoms with Crippen molar-refractivity contribution in [2.45, 2.75) is 50.8 Å². The topological polar surface area (TPSA) is 26.0 Å². The maximum atomic E-state index is 5.84. The van der Waals surface area contributed by atoms with E-state index in [1.54, 1.807) is 0 Å². The Morgan fingerprint density at radius 1 is 1.23 bits per heavy atom. The highest BCUT2D eigenvalue weighted by molar-refractivity contribution is 7.99. The normalized spacial score (nSPS) is 28.6. The van der Waals surface area contributed by atoms with E-state index >= 15 is 0 Å². The Bertz CT molecular complexity index is 122. The molecule has 0 spiro atoms. The maximum Gasteiger partial charge on any atom is 0.00483 e. The molecule has 0 unspecified atom stereocenters. The molecule has 0 bridgehead atoms. The molecule has 2 N–H and O–H groups in total. The van der Waals surface area contributed by atoms with Crippen molar-refractivity contribution in [3.05, 3.63) is 0 Å². The molecule has 0 heterocycles. The van der Waals surface area contributed by atoms with Gasteiger partial charge in [-0.25, -0.2) is 0 Å². The van der Waals surface area contributed by atoms with E-state index in [1.165, 1.54) is 31.4 Å². The van der Waals surface area contributed by atoms with Crippen molar-refractivity contribution in [2.24, 2.45) is 11.7 Å². The van der Waals surface area contributed by atoms with Gasteiger partial charge in [0, 0.05) is 11.3 Å². The predicted octanol–water partition coefficient (Wildman–Crippen LogP) is 3.07. The number of thioether (sulfide) groups is 1. The van der Waals surface area contributed by atoms with E-state index in [2.05, 4.69) is 25.6 Å². The van der Waals surface area contributed by atoms with Gasteiger partial charge in [0.05, 0.1) is 0 Å². The van der Waals surface area contributed by atoms with Crippen molar-refractivity contribution in [1.29, 1.82) is 0 Å². The van der Waals surface area contributed by atoms with E-state index in [4.69, 9.17) is 5.73 Å². The number of rotatable bonds is 3. The third-order valence-corrected chi connectivity index (χ3v) is 4.19. The van der Waals surface area contributed by atoms with Crippen LogP contribution in [0.2, 0.25) is 0 Å². The van der Waals surface area contributed by atoms with E-state index in [9.17, 15) is 0 Å². The van der Waals surface area contributed by atoms with Crippen LogP contribution in [0, 0.1) is 5.92 Å². The van der Waals surface area contributed by atoms with Gasteiger partial charge < -0.3 is 5.73 Å². The van der Waals surface area contributed by atoms with Gasteiger partial charge >= 0.3 is 0 Å². The number of halogens is 1. The lowest BCUT2D eigenvalue weighted by atomic mass is 9.96. The molecule has 1 nitrogen and oxygen atoms in total. The van der Waals surface area contributed by atoms with E-state index < -0.39 is 0 Å². The standard InChI is InChI=1S/C10H21NS.ClH/c1-8(2)7-12-10-5-3-9(11)4-6-10;/h8-10H,3-7,11H2,1-2H3;1H. The zero-order valence-electron chi connectivity index (χ0n) is 8.66. The van der Waals surface area contributed by atoms with Crippen LogP contribution in [-0.4, -0.2) is 17.0 Å². The van der Waals surface area contributed by atoms with Crippen LogP contribution in [0.1, 0.15) is 39.5 Å². The monoisotopic (exact) mass is 223 g/mol. The molecular weight excluding hydrogens is 202 g/mol. The Morgan fingerprint density at radius 3 is 2.23 bits per heavy atom. The predicted molar refractivity (Wildman–Crippen MR) is 64.8 cm³/mol. The molecule has 0 radical (unpaired) electrons. The first-order valence-corrected chi connectivity index (χ1v) is 6.10. The van der Waals surface area contributed by atoms with E-state index in [-0.39, 0.29) is 12.4 Å². The summed E-state index contributed by atoms with van der Waals surface area (Å²) in [6.07, 6.45) is 5.18. The molecule has 13 heavy (non-hydrogen) atoms. The lowest BCUT2D eigenvalue weighted by Crippen LogP contribution is -2.27. The fraction of sp³-hybridized carbons (Fsp3) is 1.00. The molecule has 1 aliphatic rings. The van der Waals surface area contributed by atoms with Crippen LogP contribution in [0.15, 0.2) is 0 Å². The van der Waals surface area contributed by atoms with Crippen LogP contribution in [0.3, 0.4) is 0 Å². The average Bonchev–Trinajstić information content (AvgIpc) is 2.03. The van der Waals surface area contributed by atoms with Crippen molar-refractivity contribution >= 4 is 24.2 Å². The summed E-state index contributed by atoms with van der Waals surface area (Å²) in [6.45, 7) is 4.59. The Hall–Kier alpha value is 0.600.